The highest BCUT2D eigenvalue weighted by atomic mass is 16.3. The Morgan fingerprint density at radius 3 is 2.40 bits per heavy atom. The number of para-hydroxylation sites is 2. The lowest BCUT2D eigenvalue weighted by molar-refractivity contribution is 0.669. The summed E-state index contributed by atoms with van der Waals surface area (Å²) in [6.45, 7) is 0. The molecule has 30 heavy (non-hydrogen) atoms. The van der Waals surface area contributed by atoms with E-state index in [2.05, 4.69) is 87.9 Å². The second-order valence-corrected chi connectivity index (χ2v) is 8.31. The number of furan rings is 1. The molecule has 142 valence electrons. The Morgan fingerprint density at radius 1 is 0.733 bits per heavy atom. The molecule has 0 bridgehead atoms. The minimum absolute atomic E-state index is 0.230. The lowest BCUT2D eigenvalue weighted by Gasteiger charge is -2.33. The van der Waals surface area contributed by atoms with Crippen LogP contribution in [0, 0.1) is 0 Å². The van der Waals surface area contributed by atoms with Gasteiger partial charge in [-0.3, -0.25) is 4.40 Å². The molecule has 2 N–H and O–H groups in total. The molecule has 2 unspecified atom stereocenters. The Bertz CT molecular complexity index is 1710. The number of allylic oxidation sites excluding steroid dienone is 2. The average Bonchev–Trinajstić information content (AvgIpc) is 3.42. The highest BCUT2D eigenvalue weighted by molar-refractivity contribution is 6.32. The van der Waals surface area contributed by atoms with Crippen molar-refractivity contribution in [2.24, 2.45) is 0 Å². The van der Waals surface area contributed by atoms with E-state index in [1.165, 1.54) is 38.3 Å². The number of rotatable bonds is 0. The van der Waals surface area contributed by atoms with E-state index in [-0.39, 0.29) is 12.1 Å². The summed E-state index contributed by atoms with van der Waals surface area (Å²) in [6, 6.07) is 19.7. The van der Waals surface area contributed by atoms with E-state index >= 15 is 0 Å². The van der Waals surface area contributed by atoms with Gasteiger partial charge in [0, 0.05) is 26.9 Å². The molecule has 0 radical (unpaired) electrons. The van der Waals surface area contributed by atoms with E-state index in [1.54, 1.807) is 0 Å². The van der Waals surface area contributed by atoms with Crippen molar-refractivity contribution in [3.8, 4) is 0 Å². The topological polar surface area (TPSA) is 41.6 Å². The molecular weight excluding hydrogens is 370 g/mol. The summed E-state index contributed by atoms with van der Waals surface area (Å²) >= 11 is 0. The summed E-state index contributed by atoms with van der Waals surface area (Å²) in [5.74, 6) is 1.13. The number of fused-ring (bicyclic) bond motifs is 11. The maximum Gasteiger partial charge on any atom is 0.136 e. The van der Waals surface area contributed by atoms with Gasteiger partial charge in [0.25, 0.3) is 0 Å². The molecular formula is C26H17N3O. The van der Waals surface area contributed by atoms with E-state index in [0.29, 0.717) is 0 Å². The van der Waals surface area contributed by atoms with Gasteiger partial charge < -0.3 is 15.1 Å². The molecule has 0 fully saturated rings. The predicted molar refractivity (Wildman–Crippen MR) is 124 cm³/mol. The quantitative estimate of drug-likeness (QED) is 0.322. The van der Waals surface area contributed by atoms with Crippen LogP contribution in [0.3, 0.4) is 0 Å². The summed E-state index contributed by atoms with van der Waals surface area (Å²) in [7, 11) is 0. The number of hydrogen-bond donors (Lipinski definition) is 2. The Balaban J connectivity index is 1.66. The van der Waals surface area contributed by atoms with Gasteiger partial charge in [0.05, 0.1) is 28.8 Å². The van der Waals surface area contributed by atoms with Crippen LogP contribution in [0.15, 0.2) is 83.3 Å². The van der Waals surface area contributed by atoms with Crippen molar-refractivity contribution in [2.75, 3.05) is 10.6 Å². The highest BCUT2D eigenvalue weighted by Gasteiger charge is 2.33. The maximum absolute atomic E-state index is 6.33. The summed E-state index contributed by atoms with van der Waals surface area (Å²) < 4.78 is 8.72. The van der Waals surface area contributed by atoms with Crippen molar-refractivity contribution >= 4 is 60.6 Å². The van der Waals surface area contributed by atoms with Gasteiger partial charge in [-0.15, -0.1) is 0 Å². The van der Waals surface area contributed by atoms with Crippen LogP contribution in [-0.2, 0) is 0 Å². The second-order valence-electron chi connectivity index (χ2n) is 8.31. The molecule has 2 atom stereocenters. The fourth-order valence-electron chi connectivity index (χ4n) is 5.52. The highest BCUT2D eigenvalue weighted by Crippen LogP contribution is 2.50. The van der Waals surface area contributed by atoms with Gasteiger partial charge >= 0.3 is 0 Å². The number of anilines is 2. The molecule has 4 heterocycles. The van der Waals surface area contributed by atoms with Crippen LogP contribution in [0.4, 0.5) is 11.5 Å². The van der Waals surface area contributed by atoms with Gasteiger partial charge in [0.15, 0.2) is 0 Å². The third-order valence-corrected chi connectivity index (χ3v) is 6.76. The standard InChI is InChI=1S/C26H17N3O/c1-5-11-19-14(7-1)16-13-21-22(15-8-2-6-12-20(15)30-21)23-24-26(29(19)25(16)23)28-18-10-4-3-9-17(18)27-24/h1-13,17-18,27-28H. The zero-order valence-electron chi connectivity index (χ0n) is 16.0. The fourth-order valence-corrected chi connectivity index (χ4v) is 5.52. The molecule has 0 spiro atoms. The predicted octanol–water partition coefficient (Wildman–Crippen LogP) is 6.28. The molecule has 8 rings (SSSR count). The molecule has 0 amide bonds. The zero-order valence-corrected chi connectivity index (χ0v) is 16.0. The van der Waals surface area contributed by atoms with Gasteiger partial charge in [-0.05, 0) is 18.2 Å². The van der Waals surface area contributed by atoms with Crippen LogP contribution in [0.1, 0.15) is 0 Å². The molecule has 0 saturated heterocycles. The first-order valence-electron chi connectivity index (χ1n) is 10.4. The lowest BCUT2D eigenvalue weighted by atomic mass is 9.98. The largest absolute Gasteiger partial charge is 0.456 e. The van der Waals surface area contributed by atoms with Crippen LogP contribution < -0.4 is 10.6 Å². The average molecular weight is 387 g/mol. The van der Waals surface area contributed by atoms with Crippen molar-refractivity contribution in [1.29, 1.82) is 0 Å². The molecule has 3 aromatic carbocycles. The third kappa shape index (κ3) is 1.62. The van der Waals surface area contributed by atoms with E-state index in [1.807, 2.05) is 6.07 Å². The Hall–Kier alpha value is -3.92. The minimum atomic E-state index is 0.230. The van der Waals surface area contributed by atoms with Crippen LogP contribution >= 0.6 is 0 Å². The molecule has 1 aliphatic carbocycles. The molecule has 4 heteroatoms. The summed E-state index contributed by atoms with van der Waals surface area (Å²) in [4.78, 5) is 0. The first kappa shape index (κ1) is 15.0. The van der Waals surface area contributed by atoms with Gasteiger partial charge in [-0.25, -0.2) is 0 Å². The van der Waals surface area contributed by atoms with Crippen LogP contribution in [0.2, 0.25) is 0 Å². The zero-order chi connectivity index (χ0) is 19.4. The molecule has 6 aromatic rings. The van der Waals surface area contributed by atoms with Crippen molar-refractivity contribution in [3.63, 3.8) is 0 Å². The molecule has 2 aliphatic rings. The second kappa shape index (κ2) is 4.97. The van der Waals surface area contributed by atoms with Crippen molar-refractivity contribution < 1.29 is 4.42 Å². The Labute approximate surface area is 171 Å². The van der Waals surface area contributed by atoms with Crippen molar-refractivity contribution in [1.82, 2.24) is 4.40 Å². The number of nitrogens with zero attached hydrogens (tertiary/aromatic N) is 1. The van der Waals surface area contributed by atoms with E-state index in [4.69, 9.17) is 4.42 Å². The van der Waals surface area contributed by atoms with Gasteiger partial charge in [0.1, 0.15) is 17.0 Å². The number of nitrogens with one attached hydrogen (secondary N) is 2. The van der Waals surface area contributed by atoms with Crippen molar-refractivity contribution in [2.45, 2.75) is 12.1 Å². The minimum Gasteiger partial charge on any atom is -0.456 e. The SMILES string of the molecule is C1=CC2Nc3c(n4c5ccccc5c5cc6oc7ccccc7c6c3c54)NC2C=C1. The maximum atomic E-state index is 6.33. The number of aromatic nitrogens is 1. The summed E-state index contributed by atoms with van der Waals surface area (Å²) in [5, 5.41) is 13.7. The first-order chi connectivity index (χ1) is 14.9. The van der Waals surface area contributed by atoms with E-state index < -0.39 is 0 Å². The van der Waals surface area contributed by atoms with Crippen molar-refractivity contribution in [3.05, 3.63) is 78.9 Å². The Kier molecular flexibility index (Phi) is 2.48. The normalized spacial score (nSPS) is 20.3. The third-order valence-electron chi connectivity index (χ3n) is 6.76. The number of hydrogen-bond acceptors (Lipinski definition) is 3. The molecule has 3 aromatic heterocycles. The number of benzene rings is 3. The summed E-state index contributed by atoms with van der Waals surface area (Å²) in [6.07, 6.45) is 8.71. The van der Waals surface area contributed by atoms with E-state index in [9.17, 15) is 0 Å². The van der Waals surface area contributed by atoms with E-state index in [0.717, 1.165) is 22.4 Å². The smallest absolute Gasteiger partial charge is 0.136 e. The van der Waals surface area contributed by atoms with Crippen LogP contribution in [0.25, 0.3) is 49.1 Å². The summed E-state index contributed by atoms with van der Waals surface area (Å²) in [5.41, 5.74) is 5.52. The Morgan fingerprint density at radius 2 is 1.50 bits per heavy atom. The van der Waals surface area contributed by atoms with Gasteiger partial charge in [0.2, 0.25) is 0 Å². The van der Waals surface area contributed by atoms with Crippen LogP contribution in [0.5, 0.6) is 0 Å². The molecule has 0 saturated carbocycles. The van der Waals surface area contributed by atoms with Crippen LogP contribution in [-0.4, -0.2) is 16.5 Å². The van der Waals surface area contributed by atoms with Gasteiger partial charge in [-0.2, -0.15) is 0 Å². The van der Waals surface area contributed by atoms with Gasteiger partial charge in [-0.1, -0.05) is 60.7 Å². The lowest BCUT2D eigenvalue weighted by Crippen LogP contribution is -2.41. The first-order valence-corrected chi connectivity index (χ1v) is 10.4. The molecule has 4 nitrogen and oxygen atoms in total. The molecule has 1 aliphatic heterocycles. The fraction of sp³-hybridized carbons (Fsp3) is 0.0769. The monoisotopic (exact) mass is 387 g/mol.